The topological polar surface area (TPSA) is 9.23 Å². The third kappa shape index (κ3) is 0.754. The Bertz CT molecular complexity index is 307. The van der Waals surface area contributed by atoms with Crippen LogP contribution in [-0.2, 0) is 0 Å². The van der Waals surface area contributed by atoms with Crippen LogP contribution in [0.15, 0.2) is 12.1 Å². The largest absolute Gasteiger partial charge is 0.485 e. The summed E-state index contributed by atoms with van der Waals surface area (Å²) in [6.45, 7) is 3.77. The first-order chi connectivity index (χ1) is 5.20. The summed E-state index contributed by atoms with van der Waals surface area (Å²) >= 11 is 0. The highest BCUT2D eigenvalue weighted by atomic mass is 19.1. The van der Waals surface area contributed by atoms with Gasteiger partial charge in [-0.2, -0.15) is 0 Å². The second-order valence-corrected chi connectivity index (χ2v) is 2.87. The molecule has 1 aromatic carbocycles. The Morgan fingerprint density at radius 1 is 1.45 bits per heavy atom. The number of benzene rings is 1. The normalized spacial score (nSPS) is 20.1. The molecule has 0 saturated heterocycles. The molecule has 0 fully saturated rings. The quantitative estimate of drug-likeness (QED) is 0.555. The minimum atomic E-state index is -0.149. The molecule has 11 heavy (non-hydrogen) atoms. The molecule has 0 aromatic heterocycles. The first-order valence-corrected chi connectivity index (χ1v) is 3.66. The standard InChI is InChI=1S/C9H9FO/c1-5-3-4-7(10)8-6(2)11-9(5)8/h3-4,6H,1-2H3. The van der Waals surface area contributed by atoms with E-state index in [2.05, 4.69) is 0 Å². The van der Waals surface area contributed by atoms with Crippen molar-refractivity contribution in [3.8, 4) is 5.75 Å². The summed E-state index contributed by atoms with van der Waals surface area (Å²) in [6, 6.07) is 3.23. The maximum Gasteiger partial charge on any atom is 0.133 e. The van der Waals surface area contributed by atoms with Gasteiger partial charge in [0.15, 0.2) is 0 Å². The minimum Gasteiger partial charge on any atom is -0.485 e. The van der Waals surface area contributed by atoms with Crippen LogP contribution in [0.25, 0.3) is 0 Å². The van der Waals surface area contributed by atoms with E-state index in [1.54, 1.807) is 6.07 Å². The Morgan fingerprint density at radius 3 is 2.73 bits per heavy atom. The van der Waals surface area contributed by atoms with Gasteiger partial charge in [-0.05, 0) is 25.5 Å². The summed E-state index contributed by atoms with van der Waals surface area (Å²) in [4.78, 5) is 0. The van der Waals surface area contributed by atoms with Gasteiger partial charge < -0.3 is 4.74 Å². The van der Waals surface area contributed by atoms with E-state index in [0.717, 1.165) is 16.9 Å². The maximum absolute atomic E-state index is 13.0. The molecule has 1 nitrogen and oxygen atoms in total. The smallest absolute Gasteiger partial charge is 0.133 e. The Kier molecular flexibility index (Phi) is 1.19. The molecule has 2 heteroatoms. The molecule has 0 radical (unpaired) electrons. The van der Waals surface area contributed by atoms with E-state index >= 15 is 0 Å². The predicted molar refractivity (Wildman–Crippen MR) is 40.2 cm³/mol. The molecule has 58 valence electrons. The van der Waals surface area contributed by atoms with Crippen molar-refractivity contribution in [2.45, 2.75) is 20.0 Å². The predicted octanol–water partition coefficient (Wildman–Crippen LogP) is 2.59. The average molecular weight is 152 g/mol. The van der Waals surface area contributed by atoms with Crippen LogP contribution in [0, 0.1) is 12.7 Å². The Morgan fingerprint density at radius 2 is 2.18 bits per heavy atom. The molecule has 1 unspecified atom stereocenters. The van der Waals surface area contributed by atoms with Crippen molar-refractivity contribution in [3.63, 3.8) is 0 Å². The van der Waals surface area contributed by atoms with Gasteiger partial charge in [0.1, 0.15) is 17.7 Å². The van der Waals surface area contributed by atoms with E-state index in [0.29, 0.717) is 0 Å². The number of ether oxygens (including phenoxy) is 1. The van der Waals surface area contributed by atoms with Crippen molar-refractivity contribution in [3.05, 3.63) is 29.1 Å². The number of rotatable bonds is 0. The second kappa shape index (κ2) is 1.97. The summed E-state index contributed by atoms with van der Waals surface area (Å²) < 4.78 is 18.2. The highest BCUT2D eigenvalue weighted by Crippen LogP contribution is 2.42. The zero-order chi connectivity index (χ0) is 8.01. The highest BCUT2D eigenvalue weighted by molar-refractivity contribution is 5.48. The number of hydrogen-bond donors (Lipinski definition) is 0. The fourth-order valence-electron chi connectivity index (χ4n) is 1.40. The Labute approximate surface area is 64.8 Å². The van der Waals surface area contributed by atoms with Gasteiger partial charge in [-0.15, -0.1) is 0 Å². The SMILES string of the molecule is Cc1ccc(F)c2c1OC2C. The van der Waals surface area contributed by atoms with E-state index in [-0.39, 0.29) is 11.9 Å². The van der Waals surface area contributed by atoms with Gasteiger partial charge in [-0.1, -0.05) is 6.07 Å². The van der Waals surface area contributed by atoms with Gasteiger partial charge in [-0.25, -0.2) is 4.39 Å². The zero-order valence-corrected chi connectivity index (χ0v) is 6.52. The monoisotopic (exact) mass is 152 g/mol. The summed E-state index contributed by atoms with van der Waals surface area (Å²) in [5, 5.41) is 0. The van der Waals surface area contributed by atoms with Crippen molar-refractivity contribution in [2.75, 3.05) is 0 Å². The highest BCUT2D eigenvalue weighted by Gasteiger charge is 2.29. The summed E-state index contributed by atoms with van der Waals surface area (Å²) in [5.41, 5.74) is 1.74. The summed E-state index contributed by atoms with van der Waals surface area (Å²) in [6.07, 6.45) is -0.0649. The molecule has 1 atom stereocenters. The third-order valence-electron chi connectivity index (χ3n) is 2.04. The summed E-state index contributed by atoms with van der Waals surface area (Å²) in [5.74, 6) is 0.585. The molecule has 0 aliphatic carbocycles. The molecule has 0 bridgehead atoms. The molecule has 0 spiro atoms. The van der Waals surface area contributed by atoms with Crippen LogP contribution in [0.3, 0.4) is 0 Å². The van der Waals surface area contributed by atoms with Crippen LogP contribution < -0.4 is 4.74 Å². The van der Waals surface area contributed by atoms with E-state index in [1.165, 1.54) is 6.07 Å². The lowest BCUT2D eigenvalue weighted by atomic mass is 10.00. The first-order valence-electron chi connectivity index (χ1n) is 3.66. The van der Waals surface area contributed by atoms with Crippen LogP contribution in [0.4, 0.5) is 4.39 Å². The van der Waals surface area contributed by atoms with E-state index < -0.39 is 0 Å². The van der Waals surface area contributed by atoms with Crippen molar-refractivity contribution in [1.82, 2.24) is 0 Å². The fourth-order valence-corrected chi connectivity index (χ4v) is 1.40. The molecule has 0 N–H and O–H groups in total. The van der Waals surface area contributed by atoms with Crippen LogP contribution >= 0.6 is 0 Å². The van der Waals surface area contributed by atoms with Crippen LogP contribution in [0.2, 0.25) is 0 Å². The molecular formula is C9H9FO. The molecule has 1 aromatic rings. The lowest BCUT2D eigenvalue weighted by Crippen LogP contribution is -2.18. The van der Waals surface area contributed by atoms with Gasteiger partial charge in [0, 0.05) is 0 Å². The average Bonchev–Trinajstić information content (AvgIpc) is 1.93. The first kappa shape index (κ1) is 6.65. The van der Waals surface area contributed by atoms with Crippen LogP contribution in [0.1, 0.15) is 24.2 Å². The van der Waals surface area contributed by atoms with E-state index in [1.807, 2.05) is 13.8 Å². The van der Waals surface area contributed by atoms with Gasteiger partial charge in [-0.3, -0.25) is 0 Å². The zero-order valence-electron chi connectivity index (χ0n) is 6.52. The fraction of sp³-hybridized carbons (Fsp3) is 0.333. The van der Waals surface area contributed by atoms with Crippen molar-refractivity contribution in [1.29, 1.82) is 0 Å². The molecule has 1 heterocycles. The molecule has 1 aliphatic heterocycles. The maximum atomic E-state index is 13.0. The van der Waals surface area contributed by atoms with Crippen molar-refractivity contribution >= 4 is 0 Å². The third-order valence-corrected chi connectivity index (χ3v) is 2.04. The van der Waals surface area contributed by atoms with E-state index in [4.69, 9.17) is 4.74 Å². The second-order valence-electron chi connectivity index (χ2n) is 2.87. The van der Waals surface area contributed by atoms with Crippen LogP contribution in [0.5, 0.6) is 5.75 Å². The van der Waals surface area contributed by atoms with Crippen molar-refractivity contribution in [2.24, 2.45) is 0 Å². The van der Waals surface area contributed by atoms with E-state index in [9.17, 15) is 4.39 Å². The van der Waals surface area contributed by atoms with Gasteiger partial charge in [0.25, 0.3) is 0 Å². The molecule has 1 aliphatic rings. The number of halogens is 1. The molecular weight excluding hydrogens is 143 g/mol. The number of fused-ring (bicyclic) bond motifs is 1. The molecule has 0 amide bonds. The van der Waals surface area contributed by atoms with Gasteiger partial charge in [0.2, 0.25) is 0 Å². The van der Waals surface area contributed by atoms with Gasteiger partial charge in [0.05, 0.1) is 5.56 Å². The lowest BCUT2D eigenvalue weighted by Gasteiger charge is -2.30. The summed E-state index contributed by atoms with van der Waals surface area (Å²) in [7, 11) is 0. The van der Waals surface area contributed by atoms with Gasteiger partial charge >= 0.3 is 0 Å². The Hall–Kier alpha value is -1.05. The lowest BCUT2D eigenvalue weighted by molar-refractivity contribution is 0.156. The van der Waals surface area contributed by atoms with Crippen LogP contribution in [-0.4, -0.2) is 0 Å². The number of hydrogen-bond acceptors (Lipinski definition) is 1. The molecule has 2 rings (SSSR count). The Balaban J connectivity index is 2.62. The number of aryl methyl sites for hydroxylation is 1. The molecule has 0 saturated carbocycles. The minimum absolute atomic E-state index is 0.0649. The van der Waals surface area contributed by atoms with Crippen molar-refractivity contribution < 1.29 is 9.13 Å².